The van der Waals surface area contributed by atoms with Gasteiger partial charge < -0.3 is 0 Å². The second-order valence-electron chi connectivity index (χ2n) is 4.06. The summed E-state index contributed by atoms with van der Waals surface area (Å²) in [5.74, 6) is 0. The number of hydrogen-bond donors (Lipinski definition) is 0. The standard InChI is InChI=1S/C14H18Se/c1-2-3-4-5-9-13-11-12-8-6-7-10-14(12)15-13/h6-8,10-11H,2-5,9H2,1H3. The Hall–Kier alpha value is -0.521. The predicted molar refractivity (Wildman–Crippen MR) is 68.7 cm³/mol. The second-order valence-corrected chi connectivity index (χ2v) is 6.51. The van der Waals surface area contributed by atoms with Crippen molar-refractivity contribution in [2.45, 2.75) is 39.0 Å². The van der Waals surface area contributed by atoms with Gasteiger partial charge >= 0.3 is 97.9 Å². The molecule has 15 heavy (non-hydrogen) atoms. The van der Waals surface area contributed by atoms with Crippen LogP contribution >= 0.6 is 0 Å². The summed E-state index contributed by atoms with van der Waals surface area (Å²) in [6.07, 6.45) is 6.85. The molecule has 0 nitrogen and oxygen atoms in total. The molecule has 0 bridgehead atoms. The van der Waals surface area contributed by atoms with E-state index < -0.39 is 0 Å². The molecule has 1 aromatic carbocycles. The van der Waals surface area contributed by atoms with Crippen molar-refractivity contribution in [3.63, 3.8) is 0 Å². The van der Waals surface area contributed by atoms with Crippen LogP contribution in [-0.4, -0.2) is 14.5 Å². The Morgan fingerprint density at radius 1 is 1.07 bits per heavy atom. The number of aryl methyl sites for hydroxylation is 1. The molecule has 0 aliphatic carbocycles. The van der Waals surface area contributed by atoms with Crippen LogP contribution in [0.1, 0.15) is 37.0 Å². The SMILES string of the molecule is CCCCCCc1cc2ccccc2[se]1. The van der Waals surface area contributed by atoms with E-state index in [9.17, 15) is 0 Å². The Labute approximate surface area is 98.1 Å². The van der Waals surface area contributed by atoms with E-state index in [0.717, 1.165) is 0 Å². The predicted octanol–water partition coefficient (Wildman–Crippen LogP) is 4.02. The molecule has 0 radical (unpaired) electrons. The van der Waals surface area contributed by atoms with E-state index >= 15 is 0 Å². The van der Waals surface area contributed by atoms with Gasteiger partial charge in [0.05, 0.1) is 0 Å². The van der Waals surface area contributed by atoms with Gasteiger partial charge in [-0.15, -0.1) is 0 Å². The fourth-order valence-corrected chi connectivity index (χ4v) is 4.21. The number of hydrogen-bond acceptors (Lipinski definition) is 0. The van der Waals surface area contributed by atoms with E-state index in [0.29, 0.717) is 14.5 Å². The molecule has 1 aromatic heterocycles. The number of fused-ring (bicyclic) bond motifs is 1. The zero-order valence-corrected chi connectivity index (χ0v) is 11.0. The molecule has 0 aliphatic rings. The minimum absolute atomic E-state index is 0.628. The molecule has 1 heterocycles. The fraction of sp³-hybridized carbons (Fsp3) is 0.429. The van der Waals surface area contributed by atoms with Crippen LogP contribution in [0.4, 0.5) is 0 Å². The van der Waals surface area contributed by atoms with Gasteiger partial charge in [-0.25, -0.2) is 0 Å². The van der Waals surface area contributed by atoms with Crippen LogP contribution in [0.2, 0.25) is 0 Å². The summed E-state index contributed by atoms with van der Waals surface area (Å²) in [5, 5.41) is 1.47. The Kier molecular flexibility index (Phi) is 4.05. The third kappa shape index (κ3) is 2.96. The number of rotatable bonds is 5. The molecule has 0 spiro atoms. The normalized spacial score (nSPS) is 11.0. The van der Waals surface area contributed by atoms with Crippen molar-refractivity contribution in [2.24, 2.45) is 0 Å². The summed E-state index contributed by atoms with van der Waals surface area (Å²) in [5.41, 5.74) is 0. The van der Waals surface area contributed by atoms with Gasteiger partial charge in [-0.3, -0.25) is 0 Å². The van der Waals surface area contributed by atoms with Crippen molar-refractivity contribution >= 4 is 24.1 Å². The van der Waals surface area contributed by atoms with E-state index in [1.807, 2.05) is 0 Å². The first kappa shape index (κ1) is 11.0. The van der Waals surface area contributed by atoms with Crippen LogP contribution in [0.3, 0.4) is 0 Å². The maximum absolute atomic E-state index is 2.42. The molecule has 0 amide bonds. The first-order valence-electron chi connectivity index (χ1n) is 5.87. The molecule has 80 valence electrons. The minimum atomic E-state index is 0.628. The Bertz CT molecular complexity index is 381. The van der Waals surface area contributed by atoms with Gasteiger partial charge in [0.15, 0.2) is 0 Å². The summed E-state index contributed by atoms with van der Waals surface area (Å²) in [6.45, 7) is 2.27. The summed E-state index contributed by atoms with van der Waals surface area (Å²) >= 11 is 0.628. The molecular formula is C14H18Se. The van der Waals surface area contributed by atoms with Gasteiger partial charge in [-0.1, -0.05) is 0 Å². The van der Waals surface area contributed by atoms with E-state index in [-0.39, 0.29) is 0 Å². The van der Waals surface area contributed by atoms with E-state index in [1.54, 1.807) is 8.70 Å². The molecule has 0 saturated carbocycles. The zero-order valence-electron chi connectivity index (χ0n) is 9.33. The first-order chi connectivity index (χ1) is 7.40. The van der Waals surface area contributed by atoms with Crippen molar-refractivity contribution in [1.82, 2.24) is 0 Å². The van der Waals surface area contributed by atoms with Crippen LogP contribution in [0.25, 0.3) is 9.65 Å². The Morgan fingerprint density at radius 2 is 1.93 bits per heavy atom. The molecule has 0 atom stereocenters. The maximum atomic E-state index is 2.42. The van der Waals surface area contributed by atoms with Crippen LogP contribution in [0.15, 0.2) is 30.3 Å². The van der Waals surface area contributed by atoms with Crippen molar-refractivity contribution in [1.29, 1.82) is 0 Å². The summed E-state index contributed by atoms with van der Waals surface area (Å²) in [7, 11) is 0. The first-order valence-corrected chi connectivity index (χ1v) is 7.59. The molecular weight excluding hydrogens is 247 g/mol. The van der Waals surface area contributed by atoms with Gasteiger partial charge in [0.2, 0.25) is 0 Å². The van der Waals surface area contributed by atoms with Gasteiger partial charge in [0, 0.05) is 0 Å². The second kappa shape index (κ2) is 5.53. The molecule has 1 heteroatoms. The Morgan fingerprint density at radius 3 is 2.73 bits per heavy atom. The van der Waals surface area contributed by atoms with Crippen LogP contribution in [0, 0.1) is 0 Å². The third-order valence-corrected chi connectivity index (χ3v) is 5.22. The fourth-order valence-electron chi connectivity index (χ4n) is 1.89. The van der Waals surface area contributed by atoms with Crippen LogP contribution in [-0.2, 0) is 6.42 Å². The van der Waals surface area contributed by atoms with Crippen molar-refractivity contribution in [3.8, 4) is 0 Å². The van der Waals surface area contributed by atoms with E-state index in [2.05, 4.69) is 37.3 Å². The summed E-state index contributed by atoms with van der Waals surface area (Å²) < 4.78 is 3.27. The molecule has 0 saturated heterocycles. The van der Waals surface area contributed by atoms with Gasteiger partial charge in [0.25, 0.3) is 0 Å². The number of unbranched alkanes of at least 4 members (excludes halogenated alkanes) is 3. The topological polar surface area (TPSA) is 0 Å². The van der Waals surface area contributed by atoms with E-state index in [4.69, 9.17) is 0 Å². The molecule has 0 unspecified atom stereocenters. The molecule has 2 aromatic rings. The van der Waals surface area contributed by atoms with Gasteiger partial charge in [0.1, 0.15) is 0 Å². The molecule has 2 rings (SSSR count). The summed E-state index contributed by atoms with van der Waals surface area (Å²) in [6, 6.07) is 11.3. The van der Waals surface area contributed by atoms with Gasteiger partial charge in [-0.2, -0.15) is 0 Å². The van der Waals surface area contributed by atoms with Crippen LogP contribution < -0.4 is 0 Å². The quantitative estimate of drug-likeness (QED) is 0.566. The van der Waals surface area contributed by atoms with Crippen LogP contribution in [0.5, 0.6) is 0 Å². The zero-order chi connectivity index (χ0) is 10.5. The molecule has 0 fully saturated rings. The monoisotopic (exact) mass is 266 g/mol. The third-order valence-electron chi connectivity index (χ3n) is 2.75. The van der Waals surface area contributed by atoms with Crippen molar-refractivity contribution in [3.05, 3.63) is 34.8 Å². The average molecular weight is 265 g/mol. The molecule has 0 aliphatic heterocycles. The molecule has 0 N–H and O–H groups in total. The Balaban J connectivity index is 1.97. The van der Waals surface area contributed by atoms with Crippen molar-refractivity contribution in [2.75, 3.05) is 0 Å². The van der Waals surface area contributed by atoms with Gasteiger partial charge in [-0.05, 0) is 0 Å². The van der Waals surface area contributed by atoms with E-state index in [1.165, 1.54) is 37.5 Å². The van der Waals surface area contributed by atoms with Crippen molar-refractivity contribution < 1.29 is 0 Å². The number of benzene rings is 1. The summed E-state index contributed by atoms with van der Waals surface area (Å²) in [4.78, 5) is 0. The average Bonchev–Trinajstić information content (AvgIpc) is 2.67.